The van der Waals surface area contributed by atoms with Gasteiger partial charge < -0.3 is 0 Å². The molecule has 0 unspecified atom stereocenters. The number of nitrogens with zero attached hydrogens (tertiary/aromatic N) is 3. The minimum absolute atomic E-state index is 0.707. The summed E-state index contributed by atoms with van der Waals surface area (Å²) >= 11 is 7.90. The van der Waals surface area contributed by atoms with Crippen LogP contribution in [0.3, 0.4) is 0 Å². The van der Waals surface area contributed by atoms with E-state index in [1.54, 1.807) is 12.4 Å². The van der Waals surface area contributed by atoms with E-state index < -0.39 is 0 Å². The van der Waals surface area contributed by atoms with Crippen LogP contribution >= 0.6 is 34.4 Å². The van der Waals surface area contributed by atoms with E-state index in [9.17, 15) is 0 Å². The van der Waals surface area contributed by atoms with Crippen LogP contribution in [0.2, 0.25) is 0 Å². The second kappa shape index (κ2) is 2.60. The summed E-state index contributed by atoms with van der Waals surface area (Å²) in [7, 11) is 0. The van der Waals surface area contributed by atoms with Gasteiger partial charge in [-0.25, -0.2) is 4.98 Å². The molecule has 2 heterocycles. The molecule has 0 fully saturated rings. The summed E-state index contributed by atoms with van der Waals surface area (Å²) in [5, 5.41) is 4.86. The Morgan fingerprint density at radius 2 is 2.36 bits per heavy atom. The number of hydrogen-bond acceptors (Lipinski definition) is 2. The Hall–Kier alpha value is -0.360. The lowest BCUT2D eigenvalue weighted by molar-refractivity contribution is 1.01. The summed E-state index contributed by atoms with van der Waals surface area (Å²) < 4.78 is 2.36. The van der Waals surface area contributed by atoms with Crippen molar-refractivity contribution in [2.45, 2.75) is 0 Å². The highest BCUT2D eigenvalue weighted by Gasteiger charge is 2.03. The maximum Gasteiger partial charge on any atom is 0.176 e. The van der Waals surface area contributed by atoms with E-state index in [1.165, 1.54) is 4.20 Å². The number of fused-ring (bicyclic) bond motifs is 1. The van der Waals surface area contributed by atoms with E-state index in [1.807, 2.05) is 6.07 Å². The Balaban J connectivity index is 2.94. The minimum atomic E-state index is 0.707. The Morgan fingerprint density at radius 3 is 3.09 bits per heavy atom. The number of pyridine rings is 1. The largest absolute Gasteiger partial charge is 0.236 e. The van der Waals surface area contributed by atoms with Gasteiger partial charge in [0, 0.05) is 21.5 Å². The predicted molar refractivity (Wildman–Crippen MR) is 51.5 cm³/mol. The first-order valence-corrected chi connectivity index (χ1v) is 4.35. The highest BCUT2D eigenvalue weighted by molar-refractivity contribution is 14.1. The van der Waals surface area contributed by atoms with Gasteiger partial charge in [0.1, 0.15) is 0 Å². The molecule has 5 heteroatoms. The Morgan fingerprint density at radius 1 is 1.55 bits per heavy atom. The van der Waals surface area contributed by atoms with Crippen LogP contribution in [-0.4, -0.2) is 14.3 Å². The standard InChI is InChI=1S/C6H3ClIN3/c7-11-6-4(3-10-11)5(8)1-2-9-6/h1-3H. The van der Waals surface area contributed by atoms with Gasteiger partial charge in [-0.05, 0) is 28.7 Å². The van der Waals surface area contributed by atoms with Crippen LogP contribution in [0.15, 0.2) is 18.5 Å². The average molecular weight is 279 g/mol. The molecule has 0 aliphatic rings. The molecule has 0 saturated carbocycles. The van der Waals surface area contributed by atoms with Crippen LogP contribution in [0, 0.1) is 3.57 Å². The molecule has 2 aromatic heterocycles. The second-order valence-corrected chi connectivity index (χ2v) is 3.52. The van der Waals surface area contributed by atoms with Gasteiger partial charge in [0.2, 0.25) is 0 Å². The number of rotatable bonds is 0. The fourth-order valence-corrected chi connectivity index (χ4v) is 1.59. The molecule has 0 radical (unpaired) electrons. The molecule has 0 aliphatic carbocycles. The number of aromatic nitrogens is 3. The van der Waals surface area contributed by atoms with Gasteiger partial charge >= 0.3 is 0 Å². The molecule has 2 rings (SSSR count). The Bertz CT molecular complexity index is 398. The average Bonchev–Trinajstić information content (AvgIpc) is 2.35. The third-order valence-electron chi connectivity index (χ3n) is 1.38. The predicted octanol–water partition coefficient (Wildman–Crippen LogP) is 2.04. The van der Waals surface area contributed by atoms with Crippen molar-refractivity contribution in [1.82, 2.24) is 14.3 Å². The zero-order valence-corrected chi connectivity index (χ0v) is 8.24. The van der Waals surface area contributed by atoms with Gasteiger partial charge in [-0.1, -0.05) is 0 Å². The Labute approximate surface area is 81.6 Å². The lowest BCUT2D eigenvalue weighted by atomic mass is 10.4. The van der Waals surface area contributed by atoms with Gasteiger partial charge in [0.05, 0.1) is 11.6 Å². The van der Waals surface area contributed by atoms with Gasteiger partial charge in [-0.3, -0.25) is 0 Å². The fraction of sp³-hybridized carbons (Fsp3) is 0. The van der Waals surface area contributed by atoms with E-state index in [2.05, 4.69) is 32.7 Å². The van der Waals surface area contributed by atoms with Crippen LogP contribution < -0.4 is 0 Å². The molecule has 0 amide bonds. The van der Waals surface area contributed by atoms with E-state index in [-0.39, 0.29) is 0 Å². The summed E-state index contributed by atoms with van der Waals surface area (Å²) in [6.07, 6.45) is 3.42. The smallest absolute Gasteiger partial charge is 0.176 e. The minimum Gasteiger partial charge on any atom is -0.236 e. The van der Waals surface area contributed by atoms with Gasteiger partial charge in [-0.15, -0.1) is 0 Å². The number of halogens is 2. The van der Waals surface area contributed by atoms with Crippen molar-refractivity contribution in [3.05, 3.63) is 22.0 Å². The third kappa shape index (κ3) is 1.10. The summed E-state index contributed by atoms with van der Waals surface area (Å²) in [5.74, 6) is 0. The first-order chi connectivity index (χ1) is 5.29. The van der Waals surface area contributed by atoms with Gasteiger partial charge in [0.25, 0.3) is 0 Å². The summed E-state index contributed by atoms with van der Waals surface area (Å²) in [6, 6.07) is 1.92. The monoisotopic (exact) mass is 279 g/mol. The highest BCUT2D eigenvalue weighted by Crippen LogP contribution is 2.17. The molecular formula is C6H3ClIN3. The van der Waals surface area contributed by atoms with E-state index in [0.29, 0.717) is 5.65 Å². The van der Waals surface area contributed by atoms with Crippen molar-refractivity contribution in [1.29, 1.82) is 0 Å². The normalized spacial score (nSPS) is 10.7. The molecule has 0 aliphatic heterocycles. The van der Waals surface area contributed by atoms with Gasteiger partial charge in [-0.2, -0.15) is 9.30 Å². The van der Waals surface area contributed by atoms with Crippen LogP contribution in [0.1, 0.15) is 0 Å². The zero-order chi connectivity index (χ0) is 7.84. The molecule has 0 atom stereocenters. The lowest BCUT2D eigenvalue weighted by Gasteiger charge is -1.90. The topological polar surface area (TPSA) is 30.7 Å². The quantitative estimate of drug-likeness (QED) is 0.691. The second-order valence-electron chi connectivity index (χ2n) is 2.03. The van der Waals surface area contributed by atoms with Crippen molar-refractivity contribution in [3.63, 3.8) is 0 Å². The summed E-state index contributed by atoms with van der Waals surface area (Å²) in [4.78, 5) is 4.07. The van der Waals surface area contributed by atoms with Crippen LogP contribution in [0.4, 0.5) is 0 Å². The van der Waals surface area contributed by atoms with Gasteiger partial charge in [0.15, 0.2) is 5.65 Å². The zero-order valence-electron chi connectivity index (χ0n) is 5.33. The van der Waals surface area contributed by atoms with Crippen LogP contribution in [-0.2, 0) is 0 Å². The maximum absolute atomic E-state index is 5.68. The maximum atomic E-state index is 5.68. The van der Waals surface area contributed by atoms with E-state index in [0.717, 1.165) is 8.96 Å². The molecule has 0 saturated heterocycles. The summed E-state index contributed by atoms with van der Waals surface area (Å²) in [6.45, 7) is 0. The molecule has 2 aromatic rings. The van der Waals surface area contributed by atoms with Crippen molar-refractivity contribution in [2.75, 3.05) is 0 Å². The molecular weight excluding hydrogens is 276 g/mol. The first-order valence-electron chi connectivity index (χ1n) is 2.93. The molecule has 11 heavy (non-hydrogen) atoms. The highest BCUT2D eigenvalue weighted by atomic mass is 127. The molecule has 3 nitrogen and oxygen atoms in total. The third-order valence-corrected chi connectivity index (χ3v) is 2.57. The SMILES string of the molecule is Cln1ncc2c(I)ccnc21. The first kappa shape index (κ1) is 7.30. The van der Waals surface area contributed by atoms with Crippen molar-refractivity contribution >= 4 is 45.4 Å². The molecule has 0 spiro atoms. The lowest BCUT2D eigenvalue weighted by Crippen LogP contribution is -1.84. The fourth-order valence-electron chi connectivity index (χ4n) is 0.869. The molecule has 0 N–H and O–H groups in total. The Kier molecular flexibility index (Phi) is 1.72. The van der Waals surface area contributed by atoms with E-state index in [4.69, 9.17) is 11.8 Å². The molecule has 56 valence electrons. The number of hydrogen-bond donors (Lipinski definition) is 0. The molecule has 0 bridgehead atoms. The summed E-state index contributed by atoms with van der Waals surface area (Å²) in [5.41, 5.74) is 0.707. The van der Waals surface area contributed by atoms with E-state index >= 15 is 0 Å². The van der Waals surface area contributed by atoms with Crippen molar-refractivity contribution in [2.24, 2.45) is 0 Å². The van der Waals surface area contributed by atoms with Crippen molar-refractivity contribution < 1.29 is 0 Å². The molecule has 0 aromatic carbocycles. The van der Waals surface area contributed by atoms with Crippen LogP contribution in [0.5, 0.6) is 0 Å². The van der Waals surface area contributed by atoms with Crippen LogP contribution in [0.25, 0.3) is 11.0 Å². The van der Waals surface area contributed by atoms with Crippen molar-refractivity contribution in [3.8, 4) is 0 Å².